The maximum atomic E-state index is 13.3. The molecule has 2 aromatic heterocycles. The molecule has 1 aliphatic rings. The molecule has 0 spiro atoms. The Labute approximate surface area is 287 Å². The number of ether oxygens (including phenoxy) is 2. The largest absolute Gasteiger partial charge is 0.496 e. The number of hydrogen-bond acceptors (Lipinski definition) is 9. The summed E-state index contributed by atoms with van der Waals surface area (Å²) >= 11 is 9.26. The van der Waals surface area contributed by atoms with Crippen LogP contribution in [0.25, 0.3) is 0 Å². The molecule has 0 radical (unpaired) electrons. The van der Waals surface area contributed by atoms with Gasteiger partial charge in [0.1, 0.15) is 11.9 Å². The van der Waals surface area contributed by atoms with E-state index in [2.05, 4.69) is 44.1 Å². The molecule has 8 nitrogen and oxygen atoms in total. The molecule has 252 valence electrons. The Kier molecular flexibility index (Phi) is 12.2. The van der Waals surface area contributed by atoms with Gasteiger partial charge in [0.2, 0.25) is 11.5 Å². The van der Waals surface area contributed by atoms with Crippen LogP contribution in [-0.4, -0.2) is 63.0 Å². The Balaban J connectivity index is 1.26. The van der Waals surface area contributed by atoms with Gasteiger partial charge < -0.3 is 29.2 Å². The minimum Gasteiger partial charge on any atom is -0.496 e. The zero-order valence-electron chi connectivity index (χ0n) is 27.9. The van der Waals surface area contributed by atoms with Crippen molar-refractivity contribution in [2.75, 3.05) is 26.0 Å². The molecule has 0 atom stereocenters. The zero-order valence-corrected chi connectivity index (χ0v) is 31.2. The SMILES string of the molecule is COc1cc(NC(=O)CCN(C)C2CCC(OC(=O)C(O)(c3cccs3)c3cccs3)CC2)c(Cl)cc1CO[Si](C)(C)C(C)(C)C. The van der Waals surface area contributed by atoms with Gasteiger partial charge in [0, 0.05) is 30.6 Å². The molecule has 0 saturated heterocycles. The number of anilines is 1. The number of thiophene rings is 2. The van der Waals surface area contributed by atoms with E-state index >= 15 is 0 Å². The molecule has 46 heavy (non-hydrogen) atoms. The number of carbonyl (C=O) groups excluding carboxylic acids is 2. The Morgan fingerprint density at radius 1 is 1.07 bits per heavy atom. The van der Waals surface area contributed by atoms with Crippen molar-refractivity contribution in [2.45, 2.75) is 95.4 Å². The maximum absolute atomic E-state index is 13.3. The minimum atomic E-state index is -1.96. The number of nitrogens with one attached hydrogen (secondary N) is 1. The molecule has 2 N–H and O–H groups in total. The number of benzene rings is 1. The molecule has 0 unspecified atom stereocenters. The van der Waals surface area contributed by atoms with Crippen molar-refractivity contribution < 1.29 is 28.6 Å². The number of esters is 1. The molecule has 0 aliphatic heterocycles. The number of rotatable bonds is 13. The molecule has 3 aromatic rings. The third kappa shape index (κ3) is 8.61. The van der Waals surface area contributed by atoms with Crippen LogP contribution in [0.2, 0.25) is 23.2 Å². The van der Waals surface area contributed by atoms with Gasteiger partial charge in [-0.25, -0.2) is 4.79 Å². The van der Waals surface area contributed by atoms with Gasteiger partial charge in [-0.2, -0.15) is 0 Å². The highest BCUT2D eigenvalue weighted by Gasteiger charge is 2.45. The summed E-state index contributed by atoms with van der Waals surface area (Å²) in [5, 5.41) is 18.7. The van der Waals surface area contributed by atoms with Gasteiger partial charge in [-0.15, -0.1) is 22.7 Å². The second kappa shape index (κ2) is 15.3. The first-order chi connectivity index (χ1) is 21.7. The second-order valence-corrected chi connectivity index (χ2v) is 20.6. The first-order valence-corrected chi connectivity index (χ1v) is 20.7. The first-order valence-electron chi connectivity index (χ1n) is 15.7. The number of aliphatic hydroxyl groups is 1. The minimum absolute atomic E-state index is 0.0820. The zero-order chi connectivity index (χ0) is 33.7. The van der Waals surface area contributed by atoms with Gasteiger partial charge in [0.15, 0.2) is 8.32 Å². The summed E-state index contributed by atoms with van der Waals surface area (Å²) in [5.74, 6) is -0.139. The Bertz CT molecular complexity index is 1420. The van der Waals surface area contributed by atoms with Crippen LogP contribution in [0, 0.1) is 0 Å². The third-order valence-corrected chi connectivity index (χ3v) is 16.1. The maximum Gasteiger partial charge on any atom is 0.349 e. The van der Waals surface area contributed by atoms with Crippen LogP contribution in [-0.2, 0) is 31.0 Å². The van der Waals surface area contributed by atoms with Gasteiger partial charge >= 0.3 is 5.97 Å². The quantitative estimate of drug-likeness (QED) is 0.137. The van der Waals surface area contributed by atoms with E-state index in [0.29, 0.717) is 58.6 Å². The van der Waals surface area contributed by atoms with Crippen molar-refractivity contribution in [2.24, 2.45) is 0 Å². The van der Waals surface area contributed by atoms with Crippen molar-refractivity contribution in [3.8, 4) is 5.75 Å². The van der Waals surface area contributed by atoms with Crippen LogP contribution in [0.1, 0.15) is 68.2 Å². The van der Waals surface area contributed by atoms with E-state index in [1.54, 1.807) is 25.3 Å². The van der Waals surface area contributed by atoms with Crippen LogP contribution in [0.15, 0.2) is 47.2 Å². The van der Waals surface area contributed by atoms with E-state index < -0.39 is 19.9 Å². The van der Waals surface area contributed by atoms with E-state index in [9.17, 15) is 14.7 Å². The fourth-order valence-corrected chi connectivity index (χ4v) is 8.17. The van der Waals surface area contributed by atoms with Crippen LogP contribution in [0.5, 0.6) is 5.75 Å². The summed E-state index contributed by atoms with van der Waals surface area (Å²) in [7, 11) is 1.66. The Morgan fingerprint density at radius 2 is 1.67 bits per heavy atom. The first kappa shape index (κ1) is 36.6. The highest BCUT2D eigenvalue weighted by Crippen LogP contribution is 2.40. The van der Waals surface area contributed by atoms with Gasteiger partial charge in [-0.3, -0.25) is 4.79 Å². The van der Waals surface area contributed by atoms with Crippen molar-refractivity contribution in [3.05, 3.63) is 67.5 Å². The van der Waals surface area contributed by atoms with Crippen molar-refractivity contribution in [3.63, 3.8) is 0 Å². The molecule has 4 rings (SSSR count). The van der Waals surface area contributed by atoms with Crippen molar-refractivity contribution in [1.82, 2.24) is 4.90 Å². The van der Waals surface area contributed by atoms with E-state index in [0.717, 1.165) is 18.4 Å². The summed E-state index contributed by atoms with van der Waals surface area (Å²) in [4.78, 5) is 29.6. The summed E-state index contributed by atoms with van der Waals surface area (Å²) in [6.07, 6.45) is 3.08. The standard InChI is InChI=1S/C34H47ClN2O6S2Si/c1-33(2,3)46(6,7)42-22-23-20-26(35)27(21-28(23)41-5)36-31(38)16-17-37(4)24-12-14-25(15-13-24)43-32(39)34(40,29-10-8-18-44-29)30-11-9-19-45-30/h8-11,18-21,24-25,40H,12-17,22H2,1-7H3,(H,36,38). The van der Waals surface area contributed by atoms with Gasteiger partial charge in [-0.1, -0.05) is 44.5 Å². The van der Waals surface area contributed by atoms with Gasteiger partial charge in [-0.05, 0) is 79.8 Å². The van der Waals surface area contributed by atoms with Crippen LogP contribution in [0.3, 0.4) is 0 Å². The number of nitrogens with zero attached hydrogens (tertiary/aromatic N) is 1. The molecule has 12 heteroatoms. The fourth-order valence-electron chi connectivity index (χ4n) is 5.27. The molecule has 1 aliphatic carbocycles. The fraction of sp³-hybridized carbons (Fsp3) is 0.529. The van der Waals surface area contributed by atoms with Crippen LogP contribution < -0.4 is 10.1 Å². The van der Waals surface area contributed by atoms with Crippen LogP contribution in [0.4, 0.5) is 5.69 Å². The number of methoxy groups -OCH3 is 1. The number of halogens is 1. The number of carbonyl (C=O) groups is 2. The summed E-state index contributed by atoms with van der Waals surface area (Å²) < 4.78 is 17.9. The van der Waals surface area contributed by atoms with Gasteiger partial charge in [0.05, 0.1) is 34.2 Å². The predicted molar refractivity (Wildman–Crippen MR) is 190 cm³/mol. The van der Waals surface area contributed by atoms with Crippen molar-refractivity contribution >= 4 is 60.2 Å². The lowest BCUT2D eigenvalue weighted by Crippen LogP contribution is -2.42. The normalized spacial score (nSPS) is 17.6. The lowest BCUT2D eigenvalue weighted by Gasteiger charge is -2.36. The van der Waals surface area contributed by atoms with E-state index in [1.807, 2.05) is 36.0 Å². The molecule has 2 heterocycles. The average Bonchev–Trinajstić information content (AvgIpc) is 3.75. The van der Waals surface area contributed by atoms with E-state index in [4.69, 9.17) is 25.5 Å². The highest BCUT2D eigenvalue weighted by atomic mass is 35.5. The Morgan fingerprint density at radius 3 is 2.20 bits per heavy atom. The smallest absolute Gasteiger partial charge is 0.349 e. The molecule has 1 aromatic carbocycles. The molecule has 0 bridgehead atoms. The second-order valence-electron chi connectivity index (χ2n) is 13.5. The molecule has 1 saturated carbocycles. The van der Waals surface area contributed by atoms with Gasteiger partial charge in [0.25, 0.3) is 0 Å². The lowest BCUT2D eigenvalue weighted by atomic mass is 9.91. The number of hydrogen-bond donors (Lipinski definition) is 2. The molecule has 1 fully saturated rings. The number of amides is 1. The third-order valence-electron chi connectivity index (χ3n) is 9.32. The Hall–Kier alpha value is -2.25. The van der Waals surface area contributed by atoms with Crippen molar-refractivity contribution in [1.29, 1.82) is 0 Å². The predicted octanol–water partition coefficient (Wildman–Crippen LogP) is 8.04. The lowest BCUT2D eigenvalue weighted by molar-refractivity contribution is -0.169. The van der Waals surface area contributed by atoms with E-state index in [-0.39, 0.29) is 23.1 Å². The molecular formula is C34H47ClN2O6S2Si. The van der Waals surface area contributed by atoms with E-state index in [1.165, 1.54) is 22.7 Å². The summed E-state index contributed by atoms with van der Waals surface area (Å²) in [6, 6.07) is 11.0. The average molecular weight is 707 g/mol. The molecule has 1 amide bonds. The summed E-state index contributed by atoms with van der Waals surface area (Å²) in [5.41, 5.74) is -0.441. The topological polar surface area (TPSA) is 97.3 Å². The summed E-state index contributed by atoms with van der Waals surface area (Å²) in [6.45, 7) is 12.0. The molecular weight excluding hydrogens is 660 g/mol. The monoisotopic (exact) mass is 706 g/mol. The van der Waals surface area contributed by atoms with Crippen LogP contribution >= 0.6 is 34.3 Å². The highest BCUT2D eigenvalue weighted by molar-refractivity contribution is 7.12.